The van der Waals surface area contributed by atoms with Gasteiger partial charge in [-0.2, -0.15) is 0 Å². The van der Waals surface area contributed by atoms with Crippen LogP contribution in [0.1, 0.15) is 24.5 Å². The zero-order valence-electron chi connectivity index (χ0n) is 12.9. The second-order valence-corrected chi connectivity index (χ2v) is 5.38. The van der Waals surface area contributed by atoms with Gasteiger partial charge in [0.05, 0.1) is 18.9 Å². The normalized spacial score (nSPS) is 11.4. The molecule has 0 atom stereocenters. The first kappa shape index (κ1) is 17.5. The molecule has 0 spiro atoms. The van der Waals surface area contributed by atoms with Crippen molar-refractivity contribution in [3.63, 3.8) is 0 Å². The van der Waals surface area contributed by atoms with Gasteiger partial charge in [0.1, 0.15) is 5.01 Å². The van der Waals surface area contributed by atoms with Crippen molar-refractivity contribution in [1.82, 2.24) is 15.2 Å². The fraction of sp³-hybridized carbons (Fsp3) is 0.786. The molecular weight excluding hydrogens is 274 g/mol. The zero-order chi connectivity index (χ0) is 14.6. The first-order chi connectivity index (χ1) is 9.80. The highest BCUT2D eigenvalue weighted by molar-refractivity contribution is 7.09. The maximum Gasteiger partial charge on any atom is 0.107 e. The van der Waals surface area contributed by atoms with Crippen molar-refractivity contribution in [1.29, 1.82) is 0 Å². The van der Waals surface area contributed by atoms with Crippen LogP contribution in [-0.2, 0) is 22.6 Å². The van der Waals surface area contributed by atoms with Crippen LogP contribution in [0, 0.1) is 0 Å². The second-order valence-electron chi connectivity index (χ2n) is 4.43. The number of hydrogen-bond acceptors (Lipinski definition) is 6. The van der Waals surface area contributed by atoms with E-state index in [0.717, 1.165) is 63.3 Å². The Balaban J connectivity index is 2.43. The Kier molecular flexibility index (Phi) is 9.78. The van der Waals surface area contributed by atoms with E-state index in [2.05, 4.69) is 20.6 Å². The van der Waals surface area contributed by atoms with Crippen molar-refractivity contribution in [2.24, 2.45) is 0 Å². The van der Waals surface area contributed by atoms with Crippen molar-refractivity contribution < 1.29 is 9.47 Å². The van der Waals surface area contributed by atoms with Gasteiger partial charge < -0.3 is 14.8 Å². The minimum absolute atomic E-state index is 0.760. The summed E-state index contributed by atoms with van der Waals surface area (Å²) in [6.07, 6.45) is 0. The molecule has 0 bridgehead atoms. The summed E-state index contributed by atoms with van der Waals surface area (Å²) in [7, 11) is 1.94. The molecule has 0 amide bonds. The number of nitrogens with one attached hydrogen (secondary N) is 1. The van der Waals surface area contributed by atoms with Gasteiger partial charge in [0.15, 0.2) is 0 Å². The highest BCUT2D eigenvalue weighted by atomic mass is 32.1. The van der Waals surface area contributed by atoms with Crippen molar-refractivity contribution in [3.8, 4) is 0 Å². The van der Waals surface area contributed by atoms with Crippen LogP contribution in [0.2, 0.25) is 0 Å². The van der Waals surface area contributed by atoms with Gasteiger partial charge in [-0.15, -0.1) is 11.3 Å². The quantitative estimate of drug-likeness (QED) is 0.596. The molecule has 0 saturated heterocycles. The third-order valence-corrected chi connectivity index (χ3v) is 3.72. The highest BCUT2D eigenvalue weighted by Gasteiger charge is 2.09. The Morgan fingerprint density at radius 3 is 2.40 bits per heavy atom. The predicted octanol–water partition coefficient (Wildman–Crippen LogP) is 1.74. The molecule has 0 aliphatic heterocycles. The average molecular weight is 301 g/mol. The summed E-state index contributed by atoms with van der Waals surface area (Å²) < 4.78 is 10.9. The standard InChI is InChI=1S/C14H27N3O2S/c1-4-18-8-6-17(7-9-19-5-2)11-13-12-20-14(16-13)10-15-3/h12,15H,4-11H2,1-3H3. The molecule has 20 heavy (non-hydrogen) atoms. The molecule has 0 aliphatic carbocycles. The van der Waals surface area contributed by atoms with E-state index >= 15 is 0 Å². The maximum atomic E-state index is 5.44. The Morgan fingerprint density at radius 1 is 1.20 bits per heavy atom. The van der Waals surface area contributed by atoms with Crippen LogP contribution in [0.15, 0.2) is 5.38 Å². The van der Waals surface area contributed by atoms with E-state index in [1.807, 2.05) is 20.9 Å². The van der Waals surface area contributed by atoms with Gasteiger partial charge in [0, 0.05) is 44.8 Å². The summed E-state index contributed by atoms with van der Waals surface area (Å²) in [6, 6.07) is 0. The molecule has 5 nitrogen and oxygen atoms in total. The number of hydrogen-bond donors (Lipinski definition) is 1. The molecule has 116 valence electrons. The SMILES string of the molecule is CCOCCN(CCOCC)Cc1csc(CNC)n1. The average Bonchev–Trinajstić information content (AvgIpc) is 2.87. The van der Waals surface area contributed by atoms with Crippen LogP contribution in [0.5, 0.6) is 0 Å². The number of nitrogens with zero attached hydrogens (tertiary/aromatic N) is 2. The minimum Gasteiger partial charge on any atom is -0.380 e. The summed E-state index contributed by atoms with van der Waals surface area (Å²) >= 11 is 1.71. The maximum absolute atomic E-state index is 5.44. The van der Waals surface area contributed by atoms with Crippen LogP contribution >= 0.6 is 11.3 Å². The first-order valence-corrected chi connectivity index (χ1v) is 8.13. The lowest BCUT2D eigenvalue weighted by atomic mass is 10.4. The van der Waals surface area contributed by atoms with E-state index in [4.69, 9.17) is 9.47 Å². The number of thiazole rings is 1. The third-order valence-electron chi connectivity index (χ3n) is 2.82. The summed E-state index contributed by atoms with van der Waals surface area (Å²) in [5.74, 6) is 0. The number of rotatable bonds is 12. The first-order valence-electron chi connectivity index (χ1n) is 7.25. The van der Waals surface area contributed by atoms with E-state index in [-0.39, 0.29) is 0 Å². The van der Waals surface area contributed by atoms with Gasteiger partial charge in [0.2, 0.25) is 0 Å². The van der Waals surface area contributed by atoms with Crippen LogP contribution < -0.4 is 5.32 Å². The molecule has 1 aromatic rings. The second kappa shape index (κ2) is 11.2. The lowest BCUT2D eigenvalue weighted by Gasteiger charge is -2.21. The molecule has 0 unspecified atom stereocenters. The minimum atomic E-state index is 0.760. The molecule has 0 aromatic carbocycles. The van der Waals surface area contributed by atoms with Gasteiger partial charge in [0.25, 0.3) is 0 Å². The van der Waals surface area contributed by atoms with Crippen molar-refractivity contribution in [3.05, 3.63) is 16.1 Å². The zero-order valence-corrected chi connectivity index (χ0v) is 13.7. The molecule has 0 radical (unpaired) electrons. The van der Waals surface area contributed by atoms with Crippen LogP contribution in [0.4, 0.5) is 0 Å². The van der Waals surface area contributed by atoms with Gasteiger partial charge in [-0.25, -0.2) is 4.98 Å². The summed E-state index contributed by atoms with van der Waals surface area (Å²) in [5.41, 5.74) is 1.13. The predicted molar refractivity (Wildman–Crippen MR) is 83.1 cm³/mol. The lowest BCUT2D eigenvalue weighted by Crippen LogP contribution is -2.31. The molecule has 1 heterocycles. The van der Waals surface area contributed by atoms with E-state index < -0.39 is 0 Å². The van der Waals surface area contributed by atoms with E-state index in [0.29, 0.717) is 0 Å². The van der Waals surface area contributed by atoms with E-state index in [9.17, 15) is 0 Å². The Bertz CT molecular complexity index is 337. The number of aromatic nitrogens is 1. The smallest absolute Gasteiger partial charge is 0.107 e. The van der Waals surface area contributed by atoms with Gasteiger partial charge in [-0.05, 0) is 20.9 Å². The lowest BCUT2D eigenvalue weighted by molar-refractivity contribution is 0.0793. The molecule has 0 saturated carbocycles. The number of ether oxygens (including phenoxy) is 2. The molecule has 6 heteroatoms. The van der Waals surface area contributed by atoms with Crippen LogP contribution in [0.25, 0.3) is 0 Å². The molecule has 1 rings (SSSR count). The van der Waals surface area contributed by atoms with E-state index in [1.54, 1.807) is 11.3 Å². The third kappa shape index (κ3) is 7.31. The van der Waals surface area contributed by atoms with Gasteiger partial charge >= 0.3 is 0 Å². The molecule has 1 aromatic heterocycles. The fourth-order valence-corrected chi connectivity index (χ4v) is 2.63. The van der Waals surface area contributed by atoms with Crippen LogP contribution in [-0.4, -0.2) is 56.4 Å². The topological polar surface area (TPSA) is 46.6 Å². The molecule has 1 N–H and O–H groups in total. The van der Waals surface area contributed by atoms with Gasteiger partial charge in [-0.3, -0.25) is 4.90 Å². The molecular formula is C14H27N3O2S. The van der Waals surface area contributed by atoms with E-state index in [1.165, 1.54) is 0 Å². The van der Waals surface area contributed by atoms with Crippen LogP contribution in [0.3, 0.4) is 0 Å². The largest absolute Gasteiger partial charge is 0.380 e. The highest BCUT2D eigenvalue weighted by Crippen LogP contribution is 2.11. The summed E-state index contributed by atoms with van der Waals surface area (Å²) in [5, 5.41) is 6.40. The Morgan fingerprint density at radius 2 is 1.85 bits per heavy atom. The Labute approximate surface area is 126 Å². The molecule has 0 aliphatic rings. The Hall–Kier alpha value is -0.530. The fourth-order valence-electron chi connectivity index (χ4n) is 1.83. The van der Waals surface area contributed by atoms with Crippen molar-refractivity contribution in [2.75, 3.05) is 46.6 Å². The molecule has 0 fully saturated rings. The van der Waals surface area contributed by atoms with Crippen molar-refractivity contribution >= 4 is 11.3 Å². The summed E-state index contributed by atoms with van der Waals surface area (Å²) in [4.78, 5) is 6.97. The van der Waals surface area contributed by atoms with Crippen molar-refractivity contribution in [2.45, 2.75) is 26.9 Å². The summed E-state index contributed by atoms with van der Waals surface area (Å²) in [6.45, 7) is 10.6. The monoisotopic (exact) mass is 301 g/mol. The van der Waals surface area contributed by atoms with Gasteiger partial charge in [-0.1, -0.05) is 0 Å².